The van der Waals surface area contributed by atoms with Gasteiger partial charge in [-0.3, -0.25) is 4.79 Å². The van der Waals surface area contributed by atoms with E-state index in [1.807, 2.05) is 0 Å². The molecule has 1 heterocycles. The summed E-state index contributed by atoms with van der Waals surface area (Å²) in [6, 6.07) is 1.70. The molecule has 0 spiro atoms. The van der Waals surface area contributed by atoms with Gasteiger partial charge in [0.1, 0.15) is 5.02 Å². The lowest BCUT2D eigenvalue weighted by atomic mass is 10.1. The highest BCUT2D eigenvalue weighted by molar-refractivity contribution is 6.41. The summed E-state index contributed by atoms with van der Waals surface area (Å²) in [6.07, 6.45) is 1.41. The SMILES string of the molecule is Cc1cc(Cl)c2[nH]cc(Cl)c(=O)c2c1Cl. The van der Waals surface area contributed by atoms with Crippen molar-refractivity contribution in [2.24, 2.45) is 0 Å². The van der Waals surface area contributed by atoms with Crippen LogP contribution in [0.15, 0.2) is 17.1 Å². The van der Waals surface area contributed by atoms with Gasteiger partial charge in [-0.25, -0.2) is 0 Å². The van der Waals surface area contributed by atoms with Crippen LogP contribution in [-0.4, -0.2) is 4.98 Å². The van der Waals surface area contributed by atoms with E-state index in [-0.39, 0.29) is 10.5 Å². The number of rotatable bonds is 0. The molecule has 2 aromatic rings. The maximum Gasteiger partial charge on any atom is 0.209 e. The van der Waals surface area contributed by atoms with Crippen LogP contribution in [0, 0.1) is 6.92 Å². The van der Waals surface area contributed by atoms with Crippen LogP contribution in [0.25, 0.3) is 10.9 Å². The van der Waals surface area contributed by atoms with Crippen LogP contribution in [0.4, 0.5) is 0 Å². The average Bonchev–Trinajstić information content (AvgIpc) is 2.19. The van der Waals surface area contributed by atoms with Crippen molar-refractivity contribution in [3.05, 3.63) is 43.1 Å². The highest BCUT2D eigenvalue weighted by Crippen LogP contribution is 2.29. The predicted molar refractivity (Wildman–Crippen MR) is 64.3 cm³/mol. The smallest absolute Gasteiger partial charge is 0.209 e. The first-order chi connectivity index (χ1) is 7.02. The maximum atomic E-state index is 11.8. The van der Waals surface area contributed by atoms with E-state index < -0.39 is 0 Å². The second-order valence-corrected chi connectivity index (χ2v) is 4.40. The molecule has 15 heavy (non-hydrogen) atoms. The van der Waals surface area contributed by atoms with Gasteiger partial charge in [-0.1, -0.05) is 34.8 Å². The zero-order valence-electron chi connectivity index (χ0n) is 7.70. The lowest BCUT2D eigenvalue weighted by molar-refractivity contribution is 1.37. The van der Waals surface area contributed by atoms with Crippen molar-refractivity contribution in [1.82, 2.24) is 4.98 Å². The zero-order chi connectivity index (χ0) is 11.2. The minimum atomic E-state index is -0.305. The molecule has 0 fully saturated rings. The number of hydrogen-bond donors (Lipinski definition) is 1. The van der Waals surface area contributed by atoms with E-state index >= 15 is 0 Å². The minimum absolute atomic E-state index is 0.103. The number of nitrogens with one attached hydrogen (secondary N) is 1. The van der Waals surface area contributed by atoms with Crippen LogP contribution in [-0.2, 0) is 0 Å². The van der Waals surface area contributed by atoms with Gasteiger partial charge in [0.2, 0.25) is 5.43 Å². The van der Waals surface area contributed by atoms with Crippen molar-refractivity contribution < 1.29 is 0 Å². The summed E-state index contributed by atoms with van der Waals surface area (Å²) in [6.45, 7) is 1.79. The zero-order valence-corrected chi connectivity index (χ0v) is 9.96. The molecule has 0 radical (unpaired) electrons. The van der Waals surface area contributed by atoms with E-state index in [1.54, 1.807) is 13.0 Å². The summed E-state index contributed by atoms with van der Waals surface area (Å²) in [5, 5.41) is 1.29. The molecule has 0 bridgehead atoms. The average molecular weight is 263 g/mol. The number of benzene rings is 1. The molecular formula is C10H6Cl3NO. The fourth-order valence-electron chi connectivity index (χ4n) is 1.43. The van der Waals surface area contributed by atoms with Gasteiger partial charge in [-0.2, -0.15) is 0 Å². The monoisotopic (exact) mass is 261 g/mol. The number of pyridine rings is 1. The molecule has 0 atom stereocenters. The third-order valence-electron chi connectivity index (χ3n) is 2.18. The number of aromatic nitrogens is 1. The molecule has 0 amide bonds. The summed E-state index contributed by atoms with van der Waals surface area (Å²) in [5.74, 6) is 0. The Morgan fingerprint density at radius 1 is 1.20 bits per heavy atom. The van der Waals surface area contributed by atoms with Crippen LogP contribution < -0.4 is 5.43 Å². The predicted octanol–water partition coefficient (Wildman–Crippen LogP) is 3.80. The van der Waals surface area contributed by atoms with Crippen molar-refractivity contribution in [3.8, 4) is 0 Å². The number of H-pyrrole nitrogens is 1. The lowest BCUT2D eigenvalue weighted by Crippen LogP contribution is -2.04. The Morgan fingerprint density at radius 2 is 1.87 bits per heavy atom. The molecule has 0 aliphatic rings. The first-order valence-corrected chi connectivity index (χ1v) is 5.31. The van der Waals surface area contributed by atoms with Crippen molar-refractivity contribution in [1.29, 1.82) is 0 Å². The van der Waals surface area contributed by atoms with Crippen LogP contribution in [0.2, 0.25) is 15.1 Å². The second kappa shape index (κ2) is 3.71. The Bertz CT molecular complexity index is 604. The van der Waals surface area contributed by atoms with Crippen molar-refractivity contribution in [2.45, 2.75) is 6.92 Å². The lowest BCUT2D eigenvalue weighted by Gasteiger charge is -2.05. The summed E-state index contributed by atoms with van der Waals surface area (Å²) < 4.78 is 0. The van der Waals surface area contributed by atoms with Gasteiger partial charge in [0.15, 0.2) is 0 Å². The standard InChI is InChI=1S/C10H6Cl3NO/c1-4-2-5(11)9-7(8(4)13)10(15)6(12)3-14-9/h2-3H,1H3,(H,14,15). The fraction of sp³-hybridized carbons (Fsp3) is 0.100. The summed E-state index contributed by atoms with van der Waals surface area (Å²) in [4.78, 5) is 14.6. The fourth-order valence-corrected chi connectivity index (χ4v) is 2.12. The highest BCUT2D eigenvalue weighted by Gasteiger charge is 2.12. The molecule has 1 N–H and O–H groups in total. The minimum Gasteiger partial charge on any atom is -0.358 e. The molecule has 2 nitrogen and oxygen atoms in total. The number of fused-ring (bicyclic) bond motifs is 1. The van der Waals surface area contributed by atoms with Crippen molar-refractivity contribution in [3.63, 3.8) is 0 Å². The topological polar surface area (TPSA) is 32.9 Å². The van der Waals surface area contributed by atoms with Gasteiger partial charge in [0.25, 0.3) is 0 Å². The number of aryl methyl sites for hydroxylation is 1. The molecule has 0 aliphatic heterocycles. The molecule has 0 saturated carbocycles. The van der Waals surface area contributed by atoms with Crippen LogP contribution in [0.5, 0.6) is 0 Å². The number of halogens is 3. The summed E-state index contributed by atoms with van der Waals surface area (Å²) >= 11 is 17.7. The van der Waals surface area contributed by atoms with E-state index in [0.717, 1.165) is 5.56 Å². The molecule has 2 rings (SSSR count). The molecule has 1 aromatic carbocycles. The molecule has 0 unspecified atom stereocenters. The Balaban J connectivity index is 3.12. The highest BCUT2D eigenvalue weighted by atomic mass is 35.5. The van der Waals surface area contributed by atoms with Crippen molar-refractivity contribution >= 4 is 45.7 Å². The summed E-state index contributed by atoms with van der Waals surface area (Å²) in [5.41, 5.74) is 0.963. The third kappa shape index (κ3) is 1.63. The molecule has 1 aromatic heterocycles. The van der Waals surface area contributed by atoms with E-state index in [1.165, 1.54) is 6.20 Å². The maximum absolute atomic E-state index is 11.8. The molecule has 0 saturated heterocycles. The molecule has 78 valence electrons. The molecular weight excluding hydrogens is 256 g/mol. The van der Waals surface area contributed by atoms with Gasteiger partial charge in [0.05, 0.1) is 20.9 Å². The van der Waals surface area contributed by atoms with Gasteiger partial charge >= 0.3 is 0 Å². The Labute approximate surface area is 101 Å². The van der Waals surface area contributed by atoms with Crippen LogP contribution >= 0.6 is 34.8 Å². The first-order valence-electron chi connectivity index (χ1n) is 4.18. The van der Waals surface area contributed by atoms with E-state index in [2.05, 4.69) is 4.98 Å². The van der Waals surface area contributed by atoms with Crippen molar-refractivity contribution in [2.75, 3.05) is 0 Å². The quantitative estimate of drug-likeness (QED) is 0.770. The molecule has 0 aliphatic carbocycles. The third-order valence-corrected chi connectivity index (χ3v) is 3.25. The van der Waals surface area contributed by atoms with Gasteiger partial charge < -0.3 is 4.98 Å². The Morgan fingerprint density at radius 3 is 2.53 bits per heavy atom. The van der Waals surface area contributed by atoms with Crippen LogP contribution in [0.1, 0.15) is 5.56 Å². The van der Waals surface area contributed by atoms with Gasteiger partial charge in [0, 0.05) is 6.20 Å². The first kappa shape index (κ1) is 10.8. The number of hydrogen-bond acceptors (Lipinski definition) is 1. The second-order valence-electron chi connectivity index (χ2n) is 3.21. The van der Waals surface area contributed by atoms with E-state index in [9.17, 15) is 4.79 Å². The Hall–Kier alpha value is -0.700. The van der Waals surface area contributed by atoms with Gasteiger partial charge in [-0.05, 0) is 18.6 Å². The van der Waals surface area contributed by atoms with Crippen LogP contribution in [0.3, 0.4) is 0 Å². The van der Waals surface area contributed by atoms with Gasteiger partial charge in [-0.15, -0.1) is 0 Å². The molecule has 5 heteroatoms. The largest absolute Gasteiger partial charge is 0.358 e. The van der Waals surface area contributed by atoms with E-state index in [4.69, 9.17) is 34.8 Å². The summed E-state index contributed by atoms with van der Waals surface area (Å²) in [7, 11) is 0. The Kier molecular flexibility index (Phi) is 2.67. The normalized spacial score (nSPS) is 10.9. The number of aromatic amines is 1. The van der Waals surface area contributed by atoms with E-state index in [0.29, 0.717) is 20.9 Å².